The van der Waals surface area contributed by atoms with Gasteiger partial charge in [-0.3, -0.25) is 0 Å². The summed E-state index contributed by atoms with van der Waals surface area (Å²) in [6.07, 6.45) is 1.83. The average molecular weight is 547 g/mol. The van der Waals surface area contributed by atoms with Gasteiger partial charge < -0.3 is 25.0 Å². The van der Waals surface area contributed by atoms with Gasteiger partial charge in [0.15, 0.2) is 17.0 Å². The molecule has 2 N–H and O–H groups in total. The van der Waals surface area contributed by atoms with Gasteiger partial charge in [-0.2, -0.15) is 9.97 Å². The van der Waals surface area contributed by atoms with Crippen LogP contribution in [0.1, 0.15) is 22.3 Å². The lowest BCUT2D eigenvalue weighted by Crippen LogP contribution is -2.50. The highest BCUT2D eigenvalue weighted by Gasteiger charge is 2.24. The second kappa shape index (κ2) is 11.7. The lowest BCUT2D eigenvalue weighted by molar-refractivity contribution is 0.208. The summed E-state index contributed by atoms with van der Waals surface area (Å²) < 4.78 is 2.07. The summed E-state index contributed by atoms with van der Waals surface area (Å²) in [7, 11) is 0. The molecule has 5 aromatic rings. The summed E-state index contributed by atoms with van der Waals surface area (Å²) in [6.45, 7) is 7.82. The van der Waals surface area contributed by atoms with E-state index in [0.717, 1.165) is 22.4 Å². The molecule has 0 spiro atoms. The third kappa shape index (κ3) is 6.14. The van der Waals surface area contributed by atoms with Crippen LogP contribution in [-0.4, -0.2) is 56.6 Å². The first kappa shape index (κ1) is 26.3. The second-order valence-electron chi connectivity index (χ2n) is 10.5. The molecule has 2 amide bonds. The zero-order chi connectivity index (χ0) is 28.2. The number of rotatable bonds is 7. The van der Waals surface area contributed by atoms with Gasteiger partial charge in [0.1, 0.15) is 0 Å². The molecule has 208 valence electrons. The van der Waals surface area contributed by atoms with E-state index >= 15 is 0 Å². The number of fused-ring (bicyclic) bond motifs is 1. The SMILES string of the molecule is Cc1ccc(CNc2nc(N3CCN(C(=O)Nc4cccc(C)c4)CC3)nc3c2ncn3Cc2ccccc2)cc1. The van der Waals surface area contributed by atoms with Crippen molar-refractivity contribution in [1.82, 2.24) is 24.4 Å². The first-order chi connectivity index (χ1) is 20.0. The minimum absolute atomic E-state index is 0.0898. The van der Waals surface area contributed by atoms with Crippen molar-refractivity contribution in [3.63, 3.8) is 0 Å². The Morgan fingerprint density at radius 2 is 1.61 bits per heavy atom. The van der Waals surface area contributed by atoms with E-state index in [2.05, 4.69) is 63.4 Å². The number of benzene rings is 3. The topological polar surface area (TPSA) is 91.2 Å². The van der Waals surface area contributed by atoms with Gasteiger partial charge >= 0.3 is 6.03 Å². The molecular weight excluding hydrogens is 512 g/mol. The molecule has 3 aromatic carbocycles. The third-order valence-electron chi connectivity index (χ3n) is 7.35. The van der Waals surface area contributed by atoms with Gasteiger partial charge in [0, 0.05) is 38.4 Å². The molecule has 0 bridgehead atoms. The molecule has 41 heavy (non-hydrogen) atoms. The predicted octanol–water partition coefficient (Wildman–Crippen LogP) is 5.46. The highest BCUT2D eigenvalue weighted by atomic mass is 16.2. The van der Waals surface area contributed by atoms with Crippen molar-refractivity contribution in [3.05, 3.63) is 107 Å². The van der Waals surface area contributed by atoms with E-state index in [4.69, 9.17) is 15.0 Å². The van der Waals surface area contributed by atoms with Crippen molar-refractivity contribution < 1.29 is 4.79 Å². The molecular formula is C32H34N8O. The van der Waals surface area contributed by atoms with Crippen LogP contribution in [0.5, 0.6) is 0 Å². The number of hydrogen-bond acceptors (Lipinski definition) is 6. The first-order valence-electron chi connectivity index (χ1n) is 14.0. The van der Waals surface area contributed by atoms with E-state index < -0.39 is 0 Å². The minimum Gasteiger partial charge on any atom is -0.364 e. The number of urea groups is 1. The molecule has 0 saturated carbocycles. The van der Waals surface area contributed by atoms with Crippen LogP contribution in [0.2, 0.25) is 0 Å². The number of anilines is 3. The van der Waals surface area contributed by atoms with Crippen molar-refractivity contribution in [2.24, 2.45) is 0 Å². The van der Waals surface area contributed by atoms with Crippen molar-refractivity contribution in [3.8, 4) is 0 Å². The molecule has 6 rings (SSSR count). The summed E-state index contributed by atoms with van der Waals surface area (Å²) in [5.74, 6) is 1.34. The fraction of sp³-hybridized carbons (Fsp3) is 0.250. The van der Waals surface area contributed by atoms with E-state index in [9.17, 15) is 4.79 Å². The normalized spacial score (nSPS) is 13.4. The maximum absolute atomic E-state index is 12.9. The maximum Gasteiger partial charge on any atom is 0.321 e. The third-order valence-corrected chi connectivity index (χ3v) is 7.35. The van der Waals surface area contributed by atoms with Crippen LogP contribution in [0.25, 0.3) is 11.2 Å². The van der Waals surface area contributed by atoms with Crippen molar-refractivity contribution >= 4 is 34.6 Å². The Hall–Kier alpha value is -4.92. The zero-order valence-electron chi connectivity index (χ0n) is 23.4. The molecule has 2 aromatic heterocycles. The molecule has 1 aliphatic rings. The number of aromatic nitrogens is 4. The average Bonchev–Trinajstić information content (AvgIpc) is 3.40. The first-order valence-corrected chi connectivity index (χ1v) is 14.0. The number of amides is 2. The van der Waals surface area contributed by atoms with Crippen LogP contribution in [-0.2, 0) is 13.1 Å². The number of imidazole rings is 1. The van der Waals surface area contributed by atoms with E-state index in [1.807, 2.05) is 60.6 Å². The van der Waals surface area contributed by atoms with Gasteiger partial charge in [-0.15, -0.1) is 0 Å². The standard InChI is InChI=1S/C32H34N8O/c1-23-11-13-25(14-12-23)20-33-29-28-30(40(22-34-28)21-26-8-4-3-5-9-26)37-31(36-29)38-15-17-39(18-16-38)32(41)35-27-10-6-7-24(2)19-27/h3-14,19,22H,15-18,20-21H2,1-2H3,(H,35,41)(H,33,36,37). The Morgan fingerprint density at radius 3 is 2.37 bits per heavy atom. The van der Waals surface area contributed by atoms with Crippen molar-refractivity contribution in [2.75, 3.05) is 41.7 Å². The van der Waals surface area contributed by atoms with E-state index in [-0.39, 0.29) is 6.03 Å². The lowest BCUT2D eigenvalue weighted by Gasteiger charge is -2.34. The monoisotopic (exact) mass is 546 g/mol. The van der Waals surface area contributed by atoms with Gasteiger partial charge in [-0.1, -0.05) is 72.3 Å². The summed E-state index contributed by atoms with van der Waals surface area (Å²) in [4.78, 5) is 31.5. The van der Waals surface area contributed by atoms with Crippen LogP contribution in [0.3, 0.4) is 0 Å². The number of carbonyl (C=O) groups excluding carboxylic acids is 1. The number of carbonyl (C=O) groups is 1. The molecule has 1 aliphatic heterocycles. The number of piperazine rings is 1. The largest absolute Gasteiger partial charge is 0.364 e. The van der Waals surface area contributed by atoms with Crippen LogP contribution in [0, 0.1) is 13.8 Å². The summed E-state index contributed by atoms with van der Waals surface area (Å²) in [5, 5.41) is 6.53. The predicted molar refractivity (Wildman–Crippen MR) is 163 cm³/mol. The maximum atomic E-state index is 12.9. The number of aryl methyl sites for hydroxylation is 2. The molecule has 1 saturated heterocycles. The Bertz CT molecular complexity index is 1640. The molecule has 0 atom stereocenters. The quantitative estimate of drug-likeness (QED) is 0.282. The van der Waals surface area contributed by atoms with Crippen LogP contribution >= 0.6 is 0 Å². The molecule has 0 aliphatic carbocycles. The molecule has 3 heterocycles. The summed E-state index contributed by atoms with van der Waals surface area (Å²) >= 11 is 0. The van der Waals surface area contributed by atoms with E-state index in [0.29, 0.717) is 51.0 Å². The van der Waals surface area contributed by atoms with Gasteiger partial charge in [0.25, 0.3) is 0 Å². The van der Waals surface area contributed by atoms with E-state index in [1.54, 1.807) is 0 Å². The summed E-state index contributed by atoms with van der Waals surface area (Å²) in [6, 6.07) is 26.5. The molecule has 1 fully saturated rings. The minimum atomic E-state index is -0.0898. The van der Waals surface area contributed by atoms with Crippen LogP contribution < -0.4 is 15.5 Å². The molecule has 9 heteroatoms. The number of nitrogens with zero attached hydrogens (tertiary/aromatic N) is 6. The fourth-order valence-corrected chi connectivity index (χ4v) is 5.02. The number of hydrogen-bond donors (Lipinski definition) is 2. The van der Waals surface area contributed by atoms with Gasteiger partial charge in [0.05, 0.1) is 12.9 Å². The Kier molecular flexibility index (Phi) is 7.49. The highest BCUT2D eigenvalue weighted by molar-refractivity contribution is 5.89. The lowest BCUT2D eigenvalue weighted by atomic mass is 10.1. The molecule has 0 radical (unpaired) electrons. The van der Waals surface area contributed by atoms with Gasteiger partial charge in [-0.05, 0) is 42.7 Å². The van der Waals surface area contributed by atoms with Crippen molar-refractivity contribution in [1.29, 1.82) is 0 Å². The van der Waals surface area contributed by atoms with E-state index in [1.165, 1.54) is 16.7 Å². The Morgan fingerprint density at radius 1 is 0.829 bits per heavy atom. The Balaban J connectivity index is 1.22. The smallest absolute Gasteiger partial charge is 0.321 e. The molecule has 0 unspecified atom stereocenters. The highest BCUT2D eigenvalue weighted by Crippen LogP contribution is 2.25. The van der Waals surface area contributed by atoms with Crippen molar-refractivity contribution in [2.45, 2.75) is 26.9 Å². The zero-order valence-corrected chi connectivity index (χ0v) is 23.4. The summed E-state index contributed by atoms with van der Waals surface area (Å²) in [5.41, 5.74) is 7.01. The fourth-order valence-electron chi connectivity index (χ4n) is 5.02. The second-order valence-corrected chi connectivity index (χ2v) is 10.5. The molecule has 9 nitrogen and oxygen atoms in total. The van der Waals surface area contributed by atoms with Crippen LogP contribution in [0.4, 0.5) is 22.2 Å². The Labute approximate surface area is 239 Å². The van der Waals surface area contributed by atoms with Gasteiger partial charge in [0.2, 0.25) is 5.95 Å². The van der Waals surface area contributed by atoms with Crippen LogP contribution in [0.15, 0.2) is 85.2 Å². The number of nitrogens with one attached hydrogen (secondary N) is 2. The van der Waals surface area contributed by atoms with Gasteiger partial charge in [-0.25, -0.2) is 9.78 Å².